The van der Waals surface area contributed by atoms with E-state index in [0.29, 0.717) is 48.6 Å². The van der Waals surface area contributed by atoms with Crippen molar-refractivity contribution < 1.29 is 18.0 Å². The number of aliphatic imine (C=N–C) groups is 2. The number of alkyl halides is 4. The highest BCUT2D eigenvalue weighted by Crippen LogP contribution is 2.31. The number of nitrogens with one attached hydrogen (secondary N) is 2. The smallest absolute Gasteiger partial charge is 0.382 e. The monoisotopic (exact) mass is 519 g/mol. The molecule has 36 heavy (non-hydrogen) atoms. The second-order valence-corrected chi connectivity index (χ2v) is 8.37. The standard InChI is InChI=1S/C26H29ClF3N5O/c1-3-20(25(34-17-27)33-16-18-7-6-8-19(15-18)26(28,29)30)21(31-2)11-12-24(36)35-14-13-32-22-9-4-5-10-23(22)35/h4-10,15,32H,2-3,11-14,16-17H2,1H3,(H,33,34)/b21-20-. The van der Waals surface area contributed by atoms with E-state index in [-0.39, 0.29) is 24.9 Å². The van der Waals surface area contributed by atoms with Crippen molar-refractivity contribution in [3.63, 3.8) is 0 Å². The van der Waals surface area contributed by atoms with Gasteiger partial charge in [0, 0.05) is 30.8 Å². The summed E-state index contributed by atoms with van der Waals surface area (Å²) in [6, 6.07) is 12.7. The molecule has 0 saturated carbocycles. The highest BCUT2D eigenvalue weighted by atomic mass is 35.5. The van der Waals surface area contributed by atoms with E-state index in [1.165, 1.54) is 6.07 Å². The molecule has 0 aromatic heterocycles. The Labute approximate surface area is 214 Å². The number of hydrogen-bond acceptors (Lipinski definition) is 4. The van der Waals surface area contributed by atoms with Crippen LogP contribution in [0.15, 0.2) is 69.8 Å². The van der Waals surface area contributed by atoms with Crippen LogP contribution >= 0.6 is 11.6 Å². The number of amidine groups is 1. The Balaban J connectivity index is 1.79. The van der Waals surface area contributed by atoms with Gasteiger partial charge in [-0.25, -0.2) is 0 Å². The van der Waals surface area contributed by atoms with E-state index < -0.39 is 11.7 Å². The SMILES string of the molecule is C=N/C(CCC(=O)N1CCNc2ccccc21)=C(/CC)C(=NCc1cccc(C(F)(F)F)c1)NCCl. The predicted octanol–water partition coefficient (Wildman–Crippen LogP) is 5.99. The minimum Gasteiger partial charge on any atom is -0.382 e. The minimum absolute atomic E-state index is 0.0214. The van der Waals surface area contributed by atoms with Crippen molar-refractivity contribution >= 4 is 41.4 Å². The van der Waals surface area contributed by atoms with Crippen LogP contribution in [-0.4, -0.2) is 37.6 Å². The number of rotatable bonds is 9. The summed E-state index contributed by atoms with van der Waals surface area (Å²) in [5, 5.41) is 6.26. The first kappa shape index (κ1) is 27.3. The zero-order chi connectivity index (χ0) is 26.1. The average Bonchev–Trinajstić information content (AvgIpc) is 2.88. The Bertz CT molecular complexity index is 1150. The number of para-hydroxylation sites is 2. The van der Waals surface area contributed by atoms with E-state index in [1.807, 2.05) is 31.2 Å². The number of anilines is 2. The lowest BCUT2D eigenvalue weighted by atomic mass is 10.0. The normalized spacial score (nSPS) is 14.5. The number of fused-ring (bicyclic) bond motifs is 1. The molecular formula is C26H29ClF3N5O. The second-order valence-electron chi connectivity index (χ2n) is 8.10. The summed E-state index contributed by atoms with van der Waals surface area (Å²) in [5.41, 5.74) is 2.75. The van der Waals surface area contributed by atoms with Crippen LogP contribution in [0.2, 0.25) is 0 Å². The average molecular weight is 520 g/mol. The van der Waals surface area contributed by atoms with Gasteiger partial charge in [-0.1, -0.05) is 31.2 Å². The van der Waals surface area contributed by atoms with Crippen LogP contribution in [0.3, 0.4) is 0 Å². The molecule has 0 fully saturated rings. The maximum Gasteiger partial charge on any atom is 0.416 e. The largest absolute Gasteiger partial charge is 0.416 e. The summed E-state index contributed by atoms with van der Waals surface area (Å²) in [5.74, 6) is 0.389. The molecule has 2 aromatic rings. The van der Waals surface area contributed by atoms with Gasteiger partial charge in [0.2, 0.25) is 5.91 Å². The number of allylic oxidation sites excluding steroid dienone is 1. The van der Waals surface area contributed by atoms with Gasteiger partial charge in [0.25, 0.3) is 0 Å². The van der Waals surface area contributed by atoms with E-state index in [0.717, 1.165) is 23.5 Å². The van der Waals surface area contributed by atoms with Gasteiger partial charge in [-0.2, -0.15) is 13.2 Å². The number of amides is 1. The van der Waals surface area contributed by atoms with Crippen LogP contribution < -0.4 is 15.5 Å². The fraction of sp³-hybridized carbons (Fsp3) is 0.346. The van der Waals surface area contributed by atoms with Crippen molar-refractivity contribution in [2.45, 2.75) is 38.9 Å². The Morgan fingerprint density at radius 2 is 1.97 bits per heavy atom. The molecule has 192 valence electrons. The van der Waals surface area contributed by atoms with Crippen LogP contribution in [-0.2, 0) is 17.5 Å². The molecule has 0 radical (unpaired) electrons. The molecule has 6 nitrogen and oxygen atoms in total. The van der Waals surface area contributed by atoms with Crippen LogP contribution in [0.25, 0.3) is 0 Å². The summed E-state index contributed by atoms with van der Waals surface area (Å²) in [7, 11) is 0. The molecular weight excluding hydrogens is 491 g/mol. The van der Waals surface area contributed by atoms with Gasteiger partial charge < -0.3 is 15.5 Å². The molecule has 2 aromatic carbocycles. The summed E-state index contributed by atoms with van der Waals surface area (Å²) >= 11 is 5.91. The van der Waals surface area contributed by atoms with Crippen LogP contribution in [0.5, 0.6) is 0 Å². The molecule has 10 heteroatoms. The van der Waals surface area contributed by atoms with Crippen molar-refractivity contribution in [3.8, 4) is 0 Å². The maximum atomic E-state index is 13.1. The molecule has 1 amide bonds. The lowest BCUT2D eigenvalue weighted by Gasteiger charge is -2.30. The first-order valence-electron chi connectivity index (χ1n) is 11.6. The lowest BCUT2D eigenvalue weighted by Crippen LogP contribution is -2.38. The van der Waals surface area contributed by atoms with Crippen molar-refractivity contribution in [2.24, 2.45) is 9.98 Å². The first-order chi connectivity index (χ1) is 17.3. The number of benzene rings is 2. The van der Waals surface area contributed by atoms with Gasteiger partial charge in [0.1, 0.15) is 5.84 Å². The van der Waals surface area contributed by atoms with Gasteiger partial charge >= 0.3 is 6.18 Å². The molecule has 0 atom stereocenters. The van der Waals surface area contributed by atoms with Gasteiger partial charge in [-0.15, -0.1) is 11.6 Å². The van der Waals surface area contributed by atoms with Crippen LogP contribution in [0, 0.1) is 0 Å². The van der Waals surface area contributed by atoms with Crippen molar-refractivity contribution in [2.75, 3.05) is 29.3 Å². The van der Waals surface area contributed by atoms with Gasteiger partial charge in [-0.05, 0) is 49.4 Å². The zero-order valence-electron chi connectivity index (χ0n) is 20.0. The quantitative estimate of drug-likeness (QED) is 0.185. The molecule has 0 unspecified atom stereocenters. The Morgan fingerprint density at radius 1 is 1.19 bits per heavy atom. The van der Waals surface area contributed by atoms with E-state index in [9.17, 15) is 18.0 Å². The molecule has 1 aliphatic rings. The Morgan fingerprint density at radius 3 is 2.67 bits per heavy atom. The van der Waals surface area contributed by atoms with Gasteiger partial charge in [0.05, 0.1) is 29.5 Å². The molecule has 0 aliphatic carbocycles. The highest BCUT2D eigenvalue weighted by Gasteiger charge is 2.30. The number of carbonyl (C=O) groups excluding carboxylic acids is 1. The molecule has 0 bridgehead atoms. The van der Waals surface area contributed by atoms with Crippen LogP contribution in [0.4, 0.5) is 24.5 Å². The molecule has 0 spiro atoms. The minimum atomic E-state index is -4.43. The van der Waals surface area contributed by atoms with Gasteiger partial charge in [-0.3, -0.25) is 14.8 Å². The molecule has 1 aliphatic heterocycles. The number of hydrogen-bond donors (Lipinski definition) is 2. The summed E-state index contributed by atoms with van der Waals surface area (Å²) in [4.78, 5) is 23.5. The summed E-state index contributed by atoms with van der Waals surface area (Å²) < 4.78 is 39.2. The fourth-order valence-corrected chi connectivity index (χ4v) is 4.20. The topological polar surface area (TPSA) is 69.1 Å². The summed E-state index contributed by atoms with van der Waals surface area (Å²) in [6.07, 6.45) is -3.36. The molecule has 3 rings (SSSR count). The third-order valence-electron chi connectivity index (χ3n) is 5.81. The van der Waals surface area contributed by atoms with E-state index in [2.05, 4.69) is 27.3 Å². The Hall–Kier alpha value is -3.33. The number of nitrogens with zero attached hydrogens (tertiary/aromatic N) is 3. The number of carbonyl (C=O) groups is 1. The fourth-order valence-electron chi connectivity index (χ4n) is 4.07. The van der Waals surface area contributed by atoms with Crippen LogP contribution in [0.1, 0.15) is 37.3 Å². The maximum absolute atomic E-state index is 13.1. The lowest BCUT2D eigenvalue weighted by molar-refractivity contribution is -0.137. The molecule has 1 heterocycles. The van der Waals surface area contributed by atoms with Crippen molar-refractivity contribution in [1.82, 2.24) is 5.32 Å². The Kier molecular flexibility index (Phi) is 9.52. The zero-order valence-corrected chi connectivity index (χ0v) is 20.8. The van der Waals surface area contributed by atoms with Crippen molar-refractivity contribution in [1.29, 1.82) is 0 Å². The predicted molar refractivity (Wildman–Crippen MR) is 140 cm³/mol. The number of halogens is 4. The van der Waals surface area contributed by atoms with E-state index >= 15 is 0 Å². The first-order valence-corrected chi connectivity index (χ1v) is 12.1. The third kappa shape index (κ3) is 6.87. The van der Waals surface area contributed by atoms with E-state index in [1.54, 1.807) is 11.0 Å². The van der Waals surface area contributed by atoms with E-state index in [4.69, 9.17) is 11.6 Å². The third-order valence-corrected chi connectivity index (χ3v) is 5.94. The summed E-state index contributed by atoms with van der Waals surface area (Å²) in [6.45, 7) is 6.83. The molecule has 2 N–H and O–H groups in total. The van der Waals surface area contributed by atoms with Gasteiger partial charge in [0.15, 0.2) is 0 Å². The highest BCUT2D eigenvalue weighted by molar-refractivity contribution is 6.19. The molecule has 0 saturated heterocycles. The van der Waals surface area contributed by atoms with Crippen molar-refractivity contribution in [3.05, 3.63) is 70.9 Å². The second kappa shape index (κ2) is 12.6.